The van der Waals surface area contributed by atoms with Gasteiger partial charge in [0, 0.05) is 30.3 Å². The fourth-order valence-electron chi connectivity index (χ4n) is 3.30. The number of benzene rings is 3. The first-order chi connectivity index (χ1) is 18.6. The van der Waals surface area contributed by atoms with Gasteiger partial charge in [-0.3, -0.25) is 19.7 Å². The summed E-state index contributed by atoms with van der Waals surface area (Å²) in [5.41, 5.74) is -0.964. The summed E-state index contributed by atoms with van der Waals surface area (Å²) in [6.07, 6.45) is 0. The third kappa shape index (κ3) is 6.63. The van der Waals surface area contributed by atoms with Crippen LogP contribution in [0.2, 0.25) is 0 Å². The van der Waals surface area contributed by atoms with E-state index < -0.39 is 58.9 Å². The maximum absolute atomic E-state index is 13.9. The molecule has 0 saturated carbocycles. The smallest absolute Gasteiger partial charge is 0.273 e. The molecule has 1 heterocycles. The van der Waals surface area contributed by atoms with Crippen LogP contribution < -0.4 is 29.6 Å². The Kier molecular flexibility index (Phi) is 7.98. The Balaban J connectivity index is 1.68. The number of rotatable bonds is 1. The molecule has 0 saturated heterocycles. The highest BCUT2D eigenvalue weighted by Crippen LogP contribution is 2.33. The summed E-state index contributed by atoms with van der Waals surface area (Å²) >= 11 is 0. The van der Waals surface area contributed by atoms with E-state index in [0.717, 1.165) is 18.2 Å². The lowest BCUT2D eigenvalue weighted by Crippen LogP contribution is -2.23. The van der Waals surface area contributed by atoms with Crippen molar-refractivity contribution in [2.24, 2.45) is 0 Å². The van der Waals surface area contributed by atoms with Crippen LogP contribution in [0.15, 0.2) is 42.5 Å². The minimum atomic E-state index is -1.30. The molecule has 11 nitrogen and oxygen atoms in total. The van der Waals surface area contributed by atoms with Gasteiger partial charge in [-0.05, 0) is 6.07 Å². The van der Waals surface area contributed by atoms with Crippen LogP contribution in [0.4, 0.5) is 34.6 Å². The summed E-state index contributed by atoms with van der Waals surface area (Å²) in [6, 6.07) is 5.78. The number of non-ortho nitro benzene ring substituents is 1. The van der Waals surface area contributed by atoms with Gasteiger partial charge in [0.05, 0.1) is 22.4 Å². The Morgan fingerprint density at radius 2 is 1.10 bits per heavy atom. The fraction of sp³-hybridized carbons (Fsp3) is 0.167. The number of hydrogen-bond donors (Lipinski definition) is 2. The SMILES string of the molecule is O=C1COc2ccc([N+](=O)[O-])cc2OCC(=O)Nc2cc(F)c(F)cc2OCCOc2cc(F)c(F)cc2N1. The molecule has 0 fully saturated rings. The average molecular weight is 551 g/mol. The van der Waals surface area contributed by atoms with E-state index >= 15 is 0 Å². The third-order valence-corrected chi connectivity index (χ3v) is 5.05. The summed E-state index contributed by atoms with van der Waals surface area (Å²) in [5, 5.41) is 15.7. The van der Waals surface area contributed by atoms with Gasteiger partial charge in [0.15, 0.2) is 48.0 Å². The molecule has 39 heavy (non-hydrogen) atoms. The molecule has 2 amide bonds. The lowest BCUT2D eigenvalue weighted by atomic mass is 10.2. The molecule has 0 aliphatic carbocycles. The van der Waals surface area contributed by atoms with Crippen molar-refractivity contribution in [2.45, 2.75) is 0 Å². The Labute approximate surface area is 216 Å². The second kappa shape index (κ2) is 11.5. The van der Waals surface area contributed by atoms with E-state index in [1.807, 2.05) is 0 Å². The number of amides is 2. The number of hydrogen-bond acceptors (Lipinski definition) is 8. The van der Waals surface area contributed by atoms with Gasteiger partial charge in [0.2, 0.25) is 0 Å². The highest BCUT2D eigenvalue weighted by atomic mass is 19.2. The Hall–Kier alpha value is -5.08. The highest BCUT2D eigenvalue weighted by molar-refractivity contribution is 5.94. The quantitative estimate of drug-likeness (QED) is 0.263. The van der Waals surface area contributed by atoms with E-state index in [4.69, 9.17) is 18.9 Å². The van der Waals surface area contributed by atoms with Crippen molar-refractivity contribution in [1.82, 2.24) is 0 Å². The molecule has 3 aromatic rings. The molecule has 0 atom stereocenters. The van der Waals surface area contributed by atoms with Crippen LogP contribution in [0, 0.1) is 33.4 Å². The number of anilines is 2. The molecule has 0 aromatic heterocycles. The zero-order chi connectivity index (χ0) is 28.1. The van der Waals surface area contributed by atoms with Gasteiger partial charge in [0.25, 0.3) is 17.5 Å². The van der Waals surface area contributed by atoms with E-state index in [1.165, 1.54) is 0 Å². The van der Waals surface area contributed by atoms with Gasteiger partial charge in [0.1, 0.15) is 24.7 Å². The van der Waals surface area contributed by atoms with E-state index in [0.29, 0.717) is 24.3 Å². The molecular weight excluding hydrogens is 534 g/mol. The van der Waals surface area contributed by atoms with Gasteiger partial charge in [-0.25, -0.2) is 17.6 Å². The van der Waals surface area contributed by atoms with Crippen LogP contribution in [0.3, 0.4) is 0 Å². The van der Waals surface area contributed by atoms with Gasteiger partial charge in [-0.15, -0.1) is 0 Å². The number of nitro groups is 1. The molecule has 2 N–H and O–H groups in total. The molecule has 0 radical (unpaired) electrons. The molecule has 1 aliphatic heterocycles. The van der Waals surface area contributed by atoms with E-state index in [1.54, 1.807) is 0 Å². The lowest BCUT2D eigenvalue weighted by Gasteiger charge is -2.17. The number of carbonyl (C=O) groups is 2. The predicted molar refractivity (Wildman–Crippen MR) is 125 cm³/mol. The highest BCUT2D eigenvalue weighted by Gasteiger charge is 2.20. The van der Waals surface area contributed by atoms with Crippen LogP contribution in [0.1, 0.15) is 0 Å². The van der Waals surface area contributed by atoms with E-state index in [9.17, 15) is 37.3 Å². The van der Waals surface area contributed by atoms with Gasteiger partial charge in [-0.2, -0.15) is 0 Å². The molecule has 15 heteroatoms. The molecule has 4 rings (SSSR count). The minimum absolute atomic E-state index is 0.178. The maximum Gasteiger partial charge on any atom is 0.273 e. The first kappa shape index (κ1) is 27.0. The topological polar surface area (TPSA) is 138 Å². The second-order valence-electron chi connectivity index (χ2n) is 7.78. The lowest BCUT2D eigenvalue weighted by molar-refractivity contribution is -0.385. The molecule has 1 aliphatic rings. The normalized spacial score (nSPS) is 14.3. The van der Waals surface area contributed by atoms with E-state index in [-0.39, 0.29) is 47.6 Å². The van der Waals surface area contributed by atoms with Crippen LogP contribution in [-0.2, 0) is 9.59 Å². The van der Waals surface area contributed by atoms with Crippen molar-refractivity contribution in [2.75, 3.05) is 37.1 Å². The van der Waals surface area contributed by atoms with Crippen LogP contribution >= 0.6 is 0 Å². The summed E-state index contributed by atoms with van der Waals surface area (Å²) in [4.78, 5) is 35.4. The van der Waals surface area contributed by atoms with E-state index in [2.05, 4.69) is 10.6 Å². The standard InChI is InChI=1S/C24H17F4N3O8/c25-13-6-17-20(8-15(13)27)36-3-4-37-21-9-16(28)14(26)7-18(21)30-24(33)11-39-22-5-12(31(34)35)1-2-19(22)38-10-23(32)29-17/h1-2,5-9H,3-4,10-11H2,(H,29,32)(H,30,33). The Bertz CT molecular complexity index is 1450. The monoisotopic (exact) mass is 551 g/mol. The molecule has 0 spiro atoms. The number of halogens is 4. The number of nitro benzene ring substituents is 1. The number of nitrogens with one attached hydrogen (secondary N) is 2. The Morgan fingerprint density at radius 1 is 0.641 bits per heavy atom. The zero-order valence-electron chi connectivity index (χ0n) is 19.6. The maximum atomic E-state index is 13.9. The van der Waals surface area contributed by atoms with Crippen molar-refractivity contribution in [3.05, 3.63) is 75.8 Å². The number of ether oxygens (including phenoxy) is 4. The Morgan fingerprint density at radius 3 is 1.59 bits per heavy atom. The summed E-state index contributed by atoms with van der Waals surface area (Å²) in [6.45, 7) is -2.13. The summed E-state index contributed by atoms with van der Waals surface area (Å²) < 4.78 is 76.8. The number of nitrogens with zero attached hydrogens (tertiary/aromatic N) is 1. The molecule has 0 unspecified atom stereocenters. The average Bonchev–Trinajstić information content (AvgIpc) is 2.89. The van der Waals surface area contributed by atoms with Crippen molar-refractivity contribution >= 4 is 28.9 Å². The molecule has 0 bridgehead atoms. The van der Waals surface area contributed by atoms with Crippen LogP contribution in [0.5, 0.6) is 23.0 Å². The van der Waals surface area contributed by atoms with Crippen molar-refractivity contribution in [3.63, 3.8) is 0 Å². The second-order valence-corrected chi connectivity index (χ2v) is 7.78. The first-order valence-corrected chi connectivity index (χ1v) is 11.0. The molecule has 204 valence electrons. The van der Waals surface area contributed by atoms with Crippen molar-refractivity contribution in [1.29, 1.82) is 0 Å². The van der Waals surface area contributed by atoms with Crippen LogP contribution in [0.25, 0.3) is 0 Å². The van der Waals surface area contributed by atoms with Crippen molar-refractivity contribution < 1.29 is 51.0 Å². The van der Waals surface area contributed by atoms with Crippen LogP contribution in [-0.4, -0.2) is 43.2 Å². The minimum Gasteiger partial charge on any atom is -0.488 e. The largest absolute Gasteiger partial charge is 0.488 e. The number of carbonyl (C=O) groups excluding carboxylic acids is 2. The molecule has 3 aromatic carbocycles. The molecular formula is C24H17F4N3O8. The third-order valence-electron chi connectivity index (χ3n) is 5.05. The summed E-state index contributed by atoms with van der Waals surface area (Å²) in [7, 11) is 0. The zero-order valence-corrected chi connectivity index (χ0v) is 19.6. The van der Waals surface area contributed by atoms with Gasteiger partial charge in [-0.1, -0.05) is 0 Å². The van der Waals surface area contributed by atoms with Crippen molar-refractivity contribution in [3.8, 4) is 23.0 Å². The fourth-order valence-corrected chi connectivity index (χ4v) is 3.30. The summed E-state index contributed by atoms with van der Waals surface area (Å²) in [5.74, 6) is -7.95. The predicted octanol–water partition coefficient (Wildman–Crippen LogP) is 3.96. The van der Waals surface area contributed by atoms with Gasteiger partial charge < -0.3 is 29.6 Å². The van der Waals surface area contributed by atoms with Gasteiger partial charge >= 0.3 is 0 Å². The number of fused-ring (bicyclic) bond motifs is 3. The first-order valence-electron chi connectivity index (χ1n) is 11.0.